The van der Waals surface area contributed by atoms with E-state index in [1.165, 1.54) is 11.1 Å². The molecule has 2 rings (SSSR count). The van der Waals surface area contributed by atoms with Crippen molar-refractivity contribution in [2.75, 3.05) is 6.61 Å². The summed E-state index contributed by atoms with van der Waals surface area (Å²) in [6.45, 7) is 6.94. The molecule has 0 unspecified atom stereocenters. The normalized spacial score (nSPS) is 10.6. The van der Waals surface area contributed by atoms with E-state index >= 15 is 0 Å². The van der Waals surface area contributed by atoms with Crippen molar-refractivity contribution in [1.29, 1.82) is 0 Å². The molecule has 0 fully saturated rings. The Kier molecular flexibility index (Phi) is 4.56. The molecule has 0 aliphatic rings. The Morgan fingerprint density at radius 2 is 1.95 bits per heavy atom. The van der Waals surface area contributed by atoms with Crippen LogP contribution in [0.2, 0.25) is 0 Å². The molecular formula is C16H20N2O2. The number of nitrogens with zero attached hydrogens (tertiary/aromatic N) is 2. The monoisotopic (exact) mass is 272 g/mol. The molecular weight excluding hydrogens is 252 g/mol. The molecule has 1 aromatic heterocycles. The van der Waals surface area contributed by atoms with Crippen molar-refractivity contribution in [3.8, 4) is 0 Å². The first kappa shape index (κ1) is 14.3. The van der Waals surface area contributed by atoms with Gasteiger partial charge in [0.1, 0.15) is 5.56 Å². The predicted molar refractivity (Wildman–Crippen MR) is 77.8 cm³/mol. The summed E-state index contributed by atoms with van der Waals surface area (Å²) in [5, 5.41) is 4.32. The van der Waals surface area contributed by atoms with E-state index in [2.05, 4.69) is 36.3 Å². The molecule has 0 radical (unpaired) electrons. The summed E-state index contributed by atoms with van der Waals surface area (Å²) in [7, 11) is 0. The van der Waals surface area contributed by atoms with Crippen LogP contribution in [0, 0.1) is 6.92 Å². The van der Waals surface area contributed by atoms with E-state index in [1.807, 2.05) is 11.6 Å². The SMILES string of the molecule is CCOC(=O)c1cnn(Cc2ccc(C)cc2)c1CC. The van der Waals surface area contributed by atoms with Crippen LogP contribution in [0.15, 0.2) is 30.5 Å². The van der Waals surface area contributed by atoms with Gasteiger partial charge in [-0.15, -0.1) is 0 Å². The molecule has 4 nitrogen and oxygen atoms in total. The maximum Gasteiger partial charge on any atom is 0.341 e. The number of ether oxygens (including phenoxy) is 1. The first-order valence-corrected chi connectivity index (χ1v) is 6.93. The fraction of sp³-hybridized carbons (Fsp3) is 0.375. The average Bonchev–Trinajstić information content (AvgIpc) is 2.84. The molecule has 0 bridgehead atoms. The molecule has 0 aliphatic carbocycles. The highest BCUT2D eigenvalue weighted by Gasteiger charge is 2.17. The lowest BCUT2D eigenvalue weighted by Crippen LogP contribution is -2.10. The Morgan fingerprint density at radius 1 is 1.25 bits per heavy atom. The highest BCUT2D eigenvalue weighted by molar-refractivity contribution is 5.90. The first-order valence-electron chi connectivity index (χ1n) is 6.93. The molecule has 2 aromatic rings. The van der Waals surface area contributed by atoms with E-state index in [1.54, 1.807) is 13.1 Å². The summed E-state index contributed by atoms with van der Waals surface area (Å²) in [6.07, 6.45) is 2.35. The van der Waals surface area contributed by atoms with E-state index in [0.29, 0.717) is 18.7 Å². The Bertz CT molecular complexity index is 585. The second-order valence-electron chi connectivity index (χ2n) is 4.72. The largest absolute Gasteiger partial charge is 0.462 e. The Hall–Kier alpha value is -2.10. The lowest BCUT2D eigenvalue weighted by Gasteiger charge is -2.08. The van der Waals surface area contributed by atoms with E-state index in [4.69, 9.17) is 4.74 Å². The highest BCUT2D eigenvalue weighted by atomic mass is 16.5. The van der Waals surface area contributed by atoms with E-state index in [9.17, 15) is 4.79 Å². The maximum absolute atomic E-state index is 11.9. The third kappa shape index (κ3) is 3.07. The lowest BCUT2D eigenvalue weighted by atomic mass is 10.1. The minimum absolute atomic E-state index is 0.292. The third-order valence-corrected chi connectivity index (χ3v) is 3.23. The molecule has 0 N–H and O–H groups in total. The number of esters is 1. The van der Waals surface area contributed by atoms with Gasteiger partial charge in [0.15, 0.2) is 0 Å². The van der Waals surface area contributed by atoms with Crippen LogP contribution in [0.3, 0.4) is 0 Å². The van der Waals surface area contributed by atoms with Gasteiger partial charge in [0, 0.05) is 0 Å². The molecule has 1 aromatic carbocycles. The van der Waals surface area contributed by atoms with Gasteiger partial charge in [-0.1, -0.05) is 36.8 Å². The summed E-state index contributed by atoms with van der Waals surface area (Å²) in [5.74, 6) is -0.292. The summed E-state index contributed by atoms with van der Waals surface area (Å²) in [4.78, 5) is 11.9. The van der Waals surface area contributed by atoms with Crippen LogP contribution < -0.4 is 0 Å². The fourth-order valence-corrected chi connectivity index (χ4v) is 2.17. The van der Waals surface area contributed by atoms with Crippen molar-refractivity contribution in [3.63, 3.8) is 0 Å². The molecule has 0 saturated carbocycles. The third-order valence-electron chi connectivity index (χ3n) is 3.23. The zero-order chi connectivity index (χ0) is 14.5. The number of aromatic nitrogens is 2. The van der Waals surface area contributed by atoms with Crippen molar-refractivity contribution in [1.82, 2.24) is 9.78 Å². The summed E-state index contributed by atoms with van der Waals surface area (Å²) in [5.41, 5.74) is 3.89. The Labute approximate surface area is 119 Å². The molecule has 0 aliphatic heterocycles. The van der Waals surface area contributed by atoms with Crippen molar-refractivity contribution >= 4 is 5.97 Å². The van der Waals surface area contributed by atoms with Gasteiger partial charge in [-0.3, -0.25) is 4.68 Å². The summed E-state index contributed by atoms with van der Waals surface area (Å²) < 4.78 is 6.93. The highest BCUT2D eigenvalue weighted by Crippen LogP contribution is 2.14. The zero-order valence-corrected chi connectivity index (χ0v) is 12.2. The van der Waals surface area contributed by atoms with E-state index in [0.717, 1.165) is 12.1 Å². The van der Waals surface area contributed by atoms with Crippen molar-refractivity contribution in [3.05, 3.63) is 52.8 Å². The smallest absolute Gasteiger partial charge is 0.341 e. The minimum Gasteiger partial charge on any atom is -0.462 e. The molecule has 1 heterocycles. The van der Waals surface area contributed by atoms with Gasteiger partial charge in [0.05, 0.1) is 25.0 Å². The standard InChI is InChI=1S/C16H20N2O2/c1-4-15-14(16(19)20-5-2)10-17-18(15)11-13-8-6-12(3)7-9-13/h6-10H,4-5,11H2,1-3H3. The number of carbonyl (C=O) groups excluding carboxylic acids is 1. The van der Waals surface area contributed by atoms with Crippen LogP contribution in [-0.2, 0) is 17.7 Å². The zero-order valence-electron chi connectivity index (χ0n) is 12.2. The van der Waals surface area contributed by atoms with Crippen LogP contribution in [0.25, 0.3) is 0 Å². The van der Waals surface area contributed by atoms with Gasteiger partial charge in [0.25, 0.3) is 0 Å². The molecule has 0 saturated heterocycles. The van der Waals surface area contributed by atoms with Crippen LogP contribution in [0.1, 0.15) is 41.0 Å². The first-order chi connectivity index (χ1) is 9.65. The van der Waals surface area contributed by atoms with Gasteiger partial charge in [-0.05, 0) is 25.8 Å². The minimum atomic E-state index is -0.292. The van der Waals surface area contributed by atoms with Gasteiger partial charge >= 0.3 is 5.97 Å². The fourth-order valence-electron chi connectivity index (χ4n) is 2.17. The van der Waals surface area contributed by atoms with Gasteiger partial charge in [-0.25, -0.2) is 4.79 Å². The van der Waals surface area contributed by atoms with Crippen molar-refractivity contribution in [2.45, 2.75) is 33.7 Å². The van der Waals surface area contributed by atoms with Gasteiger partial charge < -0.3 is 4.74 Å². The van der Waals surface area contributed by atoms with Gasteiger partial charge in [0.2, 0.25) is 0 Å². The number of benzene rings is 1. The number of carbonyl (C=O) groups is 1. The average molecular weight is 272 g/mol. The second-order valence-corrected chi connectivity index (χ2v) is 4.72. The molecule has 106 valence electrons. The maximum atomic E-state index is 11.9. The number of hydrogen-bond donors (Lipinski definition) is 0. The second kappa shape index (κ2) is 6.37. The van der Waals surface area contributed by atoms with Gasteiger partial charge in [-0.2, -0.15) is 5.10 Å². The lowest BCUT2D eigenvalue weighted by molar-refractivity contribution is 0.0525. The van der Waals surface area contributed by atoms with Crippen LogP contribution in [0.5, 0.6) is 0 Å². The molecule has 20 heavy (non-hydrogen) atoms. The van der Waals surface area contributed by atoms with E-state index in [-0.39, 0.29) is 5.97 Å². The topological polar surface area (TPSA) is 44.1 Å². The Morgan fingerprint density at radius 3 is 2.55 bits per heavy atom. The number of hydrogen-bond acceptors (Lipinski definition) is 3. The Balaban J connectivity index is 2.24. The molecule has 0 spiro atoms. The molecule has 0 atom stereocenters. The molecule has 4 heteroatoms. The van der Waals surface area contributed by atoms with E-state index < -0.39 is 0 Å². The van der Waals surface area contributed by atoms with Crippen molar-refractivity contribution < 1.29 is 9.53 Å². The van der Waals surface area contributed by atoms with Crippen molar-refractivity contribution in [2.24, 2.45) is 0 Å². The molecule has 0 amide bonds. The quantitative estimate of drug-likeness (QED) is 0.786. The summed E-state index contributed by atoms with van der Waals surface area (Å²) >= 11 is 0. The van der Waals surface area contributed by atoms with Crippen LogP contribution in [-0.4, -0.2) is 22.4 Å². The number of aryl methyl sites for hydroxylation is 1. The van der Waals surface area contributed by atoms with Crippen LogP contribution >= 0.6 is 0 Å². The summed E-state index contributed by atoms with van der Waals surface area (Å²) in [6, 6.07) is 8.33. The van der Waals surface area contributed by atoms with Crippen LogP contribution in [0.4, 0.5) is 0 Å². The number of rotatable bonds is 5. The predicted octanol–water partition coefficient (Wildman–Crippen LogP) is 2.98.